The summed E-state index contributed by atoms with van der Waals surface area (Å²) >= 11 is 0. The highest BCUT2D eigenvalue weighted by Gasteiger charge is 2.59. The van der Waals surface area contributed by atoms with Gasteiger partial charge in [-0.3, -0.25) is 4.90 Å². The van der Waals surface area contributed by atoms with Crippen LogP contribution in [-0.2, 0) is 23.7 Å². The number of piperidine rings is 1. The topological polar surface area (TPSA) is 52.6 Å². The third-order valence-electron chi connectivity index (χ3n) is 18.8. The molecule has 0 bridgehead atoms. The van der Waals surface area contributed by atoms with Crippen LogP contribution in [0.4, 0.5) is 0 Å². The van der Waals surface area contributed by atoms with Crippen molar-refractivity contribution in [3.05, 3.63) is 36.0 Å². The van der Waals surface area contributed by atoms with Gasteiger partial charge in [0.1, 0.15) is 0 Å². The molecule has 6 aliphatic rings. The first-order valence-electron chi connectivity index (χ1n) is 29.6. The first-order chi connectivity index (χ1) is 33.2. The molecule has 0 amide bonds. The van der Waals surface area contributed by atoms with Crippen molar-refractivity contribution < 1.29 is 23.7 Å². The Balaban J connectivity index is 0.842. The molecule has 3 saturated carbocycles. The van der Waals surface area contributed by atoms with Gasteiger partial charge in [0, 0.05) is 32.3 Å². The minimum atomic E-state index is 0.0791. The maximum absolute atomic E-state index is 6.56. The molecule has 68 heavy (non-hydrogen) atoms. The van der Waals surface area contributed by atoms with E-state index in [0.717, 1.165) is 107 Å². The maximum atomic E-state index is 6.56. The Hall–Kier alpha value is -1.06. The normalized spacial score (nSPS) is 30.5. The minimum absolute atomic E-state index is 0.0791. The molecule has 6 rings (SSSR count). The third-order valence-corrected chi connectivity index (χ3v) is 18.8. The van der Waals surface area contributed by atoms with Crippen LogP contribution in [0.2, 0.25) is 0 Å². The fraction of sp³-hybridized carbons (Fsp3) is 0.902. The van der Waals surface area contributed by atoms with Crippen molar-refractivity contribution in [1.29, 1.82) is 0 Å². The van der Waals surface area contributed by atoms with Crippen LogP contribution in [0.25, 0.3) is 0 Å². The molecule has 0 aromatic carbocycles. The molecule has 392 valence electrons. The average molecular weight is 950 g/mol. The van der Waals surface area contributed by atoms with Crippen molar-refractivity contribution >= 4 is 0 Å². The SMILES string of the molecule is CCCCCC=CCC=CCCCCCCCCOCC(CN1CCC(N2CCOCC2)CC1)OCCOCCO[C@H]1CC[C@@]2(C)C(=CCC3C2CC[C@@]2(C)C3CC[C@@H]2[C@H](C)CCCC(C)C)C1. The zero-order chi connectivity index (χ0) is 47.9. The van der Waals surface area contributed by atoms with Gasteiger partial charge in [-0.15, -0.1) is 0 Å². The lowest BCUT2D eigenvalue weighted by atomic mass is 9.47. The van der Waals surface area contributed by atoms with E-state index in [9.17, 15) is 0 Å². The van der Waals surface area contributed by atoms with Crippen LogP contribution in [0.5, 0.6) is 0 Å². The summed E-state index contributed by atoms with van der Waals surface area (Å²) in [5.41, 5.74) is 2.66. The number of fused-ring (bicyclic) bond motifs is 5. The number of hydrogen-bond donors (Lipinski definition) is 0. The lowest BCUT2D eigenvalue weighted by molar-refractivity contribution is -0.0745. The molecule has 4 aliphatic carbocycles. The molecule has 2 heterocycles. The van der Waals surface area contributed by atoms with Gasteiger partial charge in [-0.05, 0) is 162 Å². The van der Waals surface area contributed by atoms with Crippen molar-refractivity contribution in [2.75, 3.05) is 85.6 Å². The number of unbranched alkanes of at least 4 members (excludes halogenated alkanes) is 9. The summed E-state index contributed by atoms with van der Waals surface area (Å²) in [7, 11) is 0. The molecular formula is C61H108N2O5. The van der Waals surface area contributed by atoms with Crippen molar-refractivity contribution in [1.82, 2.24) is 9.80 Å². The Kier molecular flexibility index (Phi) is 25.5. The number of rotatable bonds is 33. The number of allylic oxidation sites excluding steroid dienone is 5. The van der Waals surface area contributed by atoms with E-state index in [2.05, 4.69) is 81.7 Å². The molecule has 4 unspecified atom stereocenters. The molecule has 0 aromatic heterocycles. The highest BCUT2D eigenvalue weighted by atomic mass is 16.6. The van der Waals surface area contributed by atoms with Gasteiger partial charge in [0.05, 0.1) is 58.5 Å². The van der Waals surface area contributed by atoms with Gasteiger partial charge >= 0.3 is 0 Å². The van der Waals surface area contributed by atoms with Crippen LogP contribution in [0.15, 0.2) is 36.0 Å². The molecule has 0 radical (unpaired) electrons. The number of likely N-dealkylation sites (tertiary alicyclic amines) is 1. The monoisotopic (exact) mass is 949 g/mol. The molecule has 0 N–H and O–H groups in total. The van der Waals surface area contributed by atoms with Crippen LogP contribution in [0.3, 0.4) is 0 Å². The van der Waals surface area contributed by atoms with Crippen molar-refractivity contribution in [2.45, 2.75) is 220 Å². The largest absolute Gasteiger partial charge is 0.379 e. The van der Waals surface area contributed by atoms with Crippen LogP contribution in [0.1, 0.15) is 202 Å². The van der Waals surface area contributed by atoms with Crippen molar-refractivity contribution in [3.63, 3.8) is 0 Å². The van der Waals surface area contributed by atoms with Crippen LogP contribution in [0, 0.1) is 46.3 Å². The molecular weight excluding hydrogens is 841 g/mol. The van der Waals surface area contributed by atoms with Gasteiger partial charge in [-0.25, -0.2) is 0 Å². The lowest BCUT2D eigenvalue weighted by Crippen LogP contribution is -2.51. The third kappa shape index (κ3) is 17.6. The fourth-order valence-corrected chi connectivity index (χ4v) is 14.7. The summed E-state index contributed by atoms with van der Waals surface area (Å²) in [5.74, 6) is 5.33. The summed E-state index contributed by atoms with van der Waals surface area (Å²) in [5, 5.41) is 0. The second-order valence-electron chi connectivity index (χ2n) is 24.0. The van der Waals surface area contributed by atoms with E-state index in [-0.39, 0.29) is 6.10 Å². The van der Waals surface area contributed by atoms with Gasteiger partial charge in [-0.1, -0.05) is 135 Å². The number of nitrogens with zero attached hydrogens (tertiary/aromatic N) is 2. The Labute approximate surface area is 420 Å². The van der Waals surface area contributed by atoms with E-state index in [4.69, 9.17) is 23.7 Å². The Morgan fingerprint density at radius 2 is 1.44 bits per heavy atom. The smallest absolute Gasteiger partial charge is 0.0936 e. The molecule has 0 spiro atoms. The fourth-order valence-electron chi connectivity index (χ4n) is 14.7. The second kappa shape index (κ2) is 30.9. The highest BCUT2D eigenvalue weighted by molar-refractivity contribution is 5.25. The standard InChI is InChI=1S/C61H108N2O5/c1-7-8-9-10-11-12-13-14-15-16-17-18-19-20-21-22-40-66-49-55(48-62-36-32-53(33-37-62)63-38-41-64-42-39-63)68-46-44-65-43-45-67-54-30-34-60(5)52(47-54)26-27-56-58-29-28-57(51(4)25-23-24-50(2)3)61(58,6)35-31-59(56)60/h11-12,14-15,26,50-51,53-59H,7-10,13,16-25,27-49H2,1-6H3/t51-,54+,55?,56?,57-,58?,59?,60+,61-/m1/s1. The van der Waals surface area contributed by atoms with Gasteiger partial charge < -0.3 is 28.6 Å². The van der Waals surface area contributed by atoms with Crippen LogP contribution >= 0.6 is 0 Å². The van der Waals surface area contributed by atoms with E-state index in [1.54, 1.807) is 5.57 Å². The predicted molar refractivity (Wildman–Crippen MR) is 285 cm³/mol. The molecule has 7 heteroatoms. The summed E-state index contributed by atoms with van der Waals surface area (Å²) in [6.45, 7) is 26.2. The number of ether oxygens (including phenoxy) is 5. The number of hydrogen-bond acceptors (Lipinski definition) is 7. The summed E-state index contributed by atoms with van der Waals surface area (Å²) in [4.78, 5) is 5.27. The second-order valence-corrected chi connectivity index (χ2v) is 24.0. The summed E-state index contributed by atoms with van der Waals surface area (Å²) in [6, 6.07) is 0.696. The zero-order valence-electron chi connectivity index (χ0n) is 45.4. The molecule has 9 atom stereocenters. The van der Waals surface area contributed by atoms with E-state index < -0.39 is 0 Å². The van der Waals surface area contributed by atoms with Crippen LogP contribution < -0.4 is 0 Å². The van der Waals surface area contributed by atoms with Crippen molar-refractivity contribution in [2.24, 2.45) is 46.3 Å². The molecule has 2 aliphatic heterocycles. The molecule has 7 nitrogen and oxygen atoms in total. The van der Waals surface area contributed by atoms with E-state index in [1.165, 1.54) is 141 Å². The highest BCUT2D eigenvalue weighted by Crippen LogP contribution is 2.67. The van der Waals surface area contributed by atoms with Gasteiger partial charge in [-0.2, -0.15) is 0 Å². The Morgan fingerprint density at radius 3 is 2.21 bits per heavy atom. The van der Waals surface area contributed by atoms with Crippen LogP contribution in [-0.4, -0.2) is 114 Å². The quantitative estimate of drug-likeness (QED) is 0.0480. The first-order valence-corrected chi connectivity index (χ1v) is 29.6. The zero-order valence-corrected chi connectivity index (χ0v) is 45.4. The summed E-state index contributed by atoms with van der Waals surface area (Å²) in [6.07, 6.45) is 45.3. The lowest BCUT2D eigenvalue weighted by Gasteiger charge is -2.58. The minimum Gasteiger partial charge on any atom is -0.379 e. The Morgan fingerprint density at radius 1 is 0.706 bits per heavy atom. The average Bonchev–Trinajstić information content (AvgIpc) is 3.71. The Bertz CT molecular complexity index is 1430. The van der Waals surface area contributed by atoms with Gasteiger partial charge in [0.2, 0.25) is 0 Å². The summed E-state index contributed by atoms with van der Waals surface area (Å²) < 4.78 is 31.2. The van der Waals surface area contributed by atoms with Crippen molar-refractivity contribution in [3.8, 4) is 0 Å². The number of morpholine rings is 1. The molecule has 5 fully saturated rings. The van der Waals surface area contributed by atoms with Gasteiger partial charge in [0.25, 0.3) is 0 Å². The molecule has 2 saturated heterocycles. The first kappa shape index (κ1) is 56.2. The predicted octanol–water partition coefficient (Wildman–Crippen LogP) is 14.4. The van der Waals surface area contributed by atoms with E-state index in [1.807, 2.05) is 0 Å². The van der Waals surface area contributed by atoms with E-state index >= 15 is 0 Å². The van der Waals surface area contributed by atoms with Gasteiger partial charge in [0.15, 0.2) is 0 Å². The maximum Gasteiger partial charge on any atom is 0.0936 e. The van der Waals surface area contributed by atoms with E-state index in [0.29, 0.717) is 56.0 Å². The molecule has 0 aromatic rings.